The number of nitrogens with zero attached hydrogens (tertiary/aromatic N) is 1. The maximum Gasteiger partial charge on any atom is 0.514 e. The van der Waals surface area contributed by atoms with E-state index in [0.29, 0.717) is 22.6 Å². The second-order valence-electron chi connectivity index (χ2n) is 5.95. The van der Waals surface area contributed by atoms with E-state index in [4.69, 9.17) is 13.9 Å². The van der Waals surface area contributed by atoms with Crippen molar-refractivity contribution in [2.45, 2.75) is 0 Å². The molecule has 0 radical (unpaired) electrons. The Morgan fingerprint density at radius 2 is 1.89 bits per heavy atom. The van der Waals surface area contributed by atoms with Gasteiger partial charge in [-0.2, -0.15) is 0 Å². The number of benzene rings is 3. The number of hydrogen-bond donors (Lipinski definition) is 0. The summed E-state index contributed by atoms with van der Waals surface area (Å²) in [5, 5.41) is 0. The molecule has 0 saturated heterocycles. The highest BCUT2D eigenvalue weighted by molar-refractivity contribution is 5.78. The second-order valence-corrected chi connectivity index (χ2v) is 5.95. The van der Waals surface area contributed by atoms with E-state index >= 15 is 0 Å². The number of ether oxygens (including phenoxy) is 2. The van der Waals surface area contributed by atoms with Crippen LogP contribution in [0.4, 0.5) is 4.79 Å². The first-order valence-electron chi connectivity index (χ1n) is 8.58. The fourth-order valence-corrected chi connectivity index (χ4v) is 2.64. The van der Waals surface area contributed by atoms with Crippen LogP contribution >= 0.6 is 0 Å². The molecule has 0 atom stereocenters. The summed E-state index contributed by atoms with van der Waals surface area (Å²) in [5.74, 6) is 0.624. The van der Waals surface area contributed by atoms with E-state index in [2.05, 4.69) is 4.98 Å². The SMILES string of the molecule is O=C(OC/C=C/c1ccccc1)Oc1ccc2nc3ccc(=O)cc-3oc2c1. The summed E-state index contributed by atoms with van der Waals surface area (Å²) in [6, 6.07) is 18.9. The Morgan fingerprint density at radius 1 is 1.04 bits per heavy atom. The fourth-order valence-electron chi connectivity index (χ4n) is 2.64. The van der Waals surface area contributed by atoms with Crippen LogP contribution in [0.1, 0.15) is 5.56 Å². The van der Waals surface area contributed by atoms with E-state index in [9.17, 15) is 9.59 Å². The predicted octanol–water partition coefficient (Wildman–Crippen LogP) is 4.52. The molecule has 4 rings (SSSR count). The summed E-state index contributed by atoms with van der Waals surface area (Å²) in [7, 11) is 0. The van der Waals surface area contributed by atoms with Gasteiger partial charge in [-0.05, 0) is 35.9 Å². The highest BCUT2D eigenvalue weighted by Crippen LogP contribution is 2.26. The topological polar surface area (TPSA) is 78.6 Å². The molecule has 2 aromatic carbocycles. The van der Waals surface area contributed by atoms with Crippen molar-refractivity contribution in [3.63, 3.8) is 0 Å². The van der Waals surface area contributed by atoms with Gasteiger partial charge in [0, 0.05) is 12.1 Å². The van der Waals surface area contributed by atoms with E-state index in [-0.39, 0.29) is 17.8 Å². The molecule has 1 aliphatic carbocycles. The van der Waals surface area contributed by atoms with Gasteiger partial charge >= 0.3 is 6.16 Å². The van der Waals surface area contributed by atoms with E-state index in [1.54, 1.807) is 24.3 Å². The van der Waals surface area contributed by atoms with E-state index in [0.717, 1.165) is 5.56 Å². The Bertz CT molecular complexity index is 1180. The highest BCUT2D eigenvalue weighted by Gasteiger charge is 2.11. The van der Waals surface area contributed by atoms with E-state index < -0.39 is 6.16 Å². The lowest BCUT2D eigenvalue weighted by Crippen LogP contribution is -2.10. The van der Waals surface area contributed by atoms with Gasteiger partial charge in [-0.25, -0.2) is 9.78 Å². The maximum atomic E-state index is 11.9. The molecule has 6 heteroatoms. The monoisotopic (exact) mass is 373 g/mol. The largest absolute Gasteiger partial charge is 0.514 e. The van der Waals surface area contributed by atoms with Crippen LogP contribution in [-0.4, -0.2) is 17.7 Å². The fraction of sp³-hybridized carbons (Fsp3) is 0.0455. The summed E-state index contributed by atoms with van der Waals surface area (Å²) in [6.45, 7) is 0.0875. The lowest BCUT2D eigenvalue weighted by atomic mass is 10.2. The Kier molecular flexibility index (Phi) is 4.84. The van der Waals surface area contributed by atoms with Crippen molar-refractivity contribution in [3.8, 4) is 17.2 Å². The summed E-state index contributed by atoms with van der Waals surface area (Å²) in [5.41, 5.74) is 2.39. The summed E-state index contributed by atoms with van der Waals surface area (Å²) >= 11 is 0. The van der Waals surface area contributed by atoms with Crippen LogP contribution in [0.5, 0.6) is 5.75 Å². The molecule has 2 aliphatic rings. The van der Waals surface area contributed by atoms with Crippen LogP contribution in [0.15, 0.2) is 82.0 Å². The number of rotatable bonds is 4. The van der Waals surface area contributed by atoms with Gasteiger partial charge in [0.15, 0.2) is 16.8 Å². The average molecular weight is 373 g/mol. The Labute approximate surface area is 160 Å². The summed E-state index contributed by atoms with van der Waals surface area (Å²) in [4.78, 5) is 27.7. The van der Waals surface area contributed by atoms with Crippen LogP contribution < -0.4 is 10.2 Å². The minimum Gasteiger partial charge on any atom is -0.453 e. The smallest absolute Gasteiger partial charge is 0.453 e. The lowest BCUT2D eigenvalue weighted by molar-refractivity contribution is 0.110. The van der Waals surface area contributed by atoms with Crippen molar-refractivity contribution in [2.75, 3.05) is 6.61 Å². The molecule has 0 N–H and O–H groups in total. The third kappa shape index (κ3) is 4.07. The van der Waals surface area contributed by atoms with E-state index in [1.807, 2.05) is 36.4 Å². The number of aromatic nitrogens is 1. The van der Waals surface area contributed by atoms with Crippen LogP contribution in [0.25, 0.3) is 28.6 Å². The molecule has 0 amide bonds. The van der Waals surface area contributed by atoms with Gasteiger partial charge < -0.3 is 13.9 Å². The summed E-state index contributed by atoms with van der Waals surface area (Å²) < 4.78 is 15.9. The first-order chi connectivity index (χ1) is 13.7. The minimum atomic E-state index is -0.826. The number of hydrogen-bond acceptors (Lipinski definition) is 6. The predicted molar refractivity (Wildman–Crippen MR) is 104 cm³/mol. The zero-order chi connectivity index (χ0) is 19.3. The second kappa shape index (κ2) is 7.75. The molecule has 1 aliphatic heterocycles. The quantitative estimate of drug-likeness (QED) is 0.297. The van der Waals surface area contributed by atoms with Crippen LogP contribution in [0.2, 0.25) is 0 Å². The van der Waals surface area contributed by atoms with Gasteiger partial charge in [-0.3, -0.25) is 4.79 Å². The molecule has 0 bridgehead atoms. The Morgan fingerprint density at radius 3 is 2.75 bits per heavy atom. The van der Waals surface area contributed by atoms with Gasteiger partial charge in [-0.1, -0.05) is 36.4 Å². The highest BCUT2D eigenvalue weighted by atomic mass is 16.7. The van der Waals surface area contributed by atoms with Crippen molar-refractivity contribution in [1.82, 2.24) is 4.98 Å². The summed E-state index contributed by atoms with van der Waals surface area (Å²) in [6.07, 6.45) is 2.75. The van der Waals surface area contributed by atoms with Gasteiger partial charge in [0.05, 0.1) is 0 Å². The molecule has 0 aromatic heterocycles. The molecule has 0 unspecified atom stereocenters. The van der Waals surface area contributed by atoms with Gasteiger partial charge in [0.25, 0.3) is 0 Å². The molecule has 6 nitrogen and oxygen atoms in total. The molecule has 0 spiro atoms. The molecule has 2 aromatic rings. The third-order valence-corrected chi connectivity index (χ3v) is 3.93. The van der Waals surface area contributed by atoms with Crippen molar-refractivity contribution in [3.05, 3.63) is 88.6 Å². The number of carbonyl (C=O) groups excluding carboxylic acids is 1. The average Bonchev–Trinajstić information content (AvgIpc) is 2.70. The van der Waals surface area contributed by atoms with Crippen molar-refractivity contribution in [2.24, 2.45) is 0 Å². The molecule has 1 heterocycles. The lowest BCUT2D eigenvalue weighted by Gasteiger charge is -2.07. The normalized spacial score (nSPS) is 11.1. The molecule has 138 valence electrons. The maximum absolute atomic E-state index is 11.9. The van der Waals surface area contributed by atoms with Crippen molar-refractivity contribution >= 4 is 23.3 Å². The Hall–Kier alpha value is -3.93. The van der Waals surface area contributed by atoms with Crippen LogP contribution in [-0.2, 0) is 4.74 Å². The number of fused-ring (bicyclic) bond motifs is 2. The van der Waals surface area contributed by atoms with Crippen LogP contribution in [0.3, 0.4) is 0 Å². The number of carbonyl (C=O) groups is 1. The van der Waals surface area contributed by atoms with Gasteiger partial charge in [0.2, 0.25) is 0 Å². The zero-order valence-corrected chi connectivity index (χ0v) is 14.7. The van der Waals surface area contributed by atoms with Crippen molar-refractivity contribution in [1.29, 1.82) is 0 Å². The molecular weight excluding hydrogens is 358 g/mol. The van der Waals surface area contributed by atoms with Gasteiger partial charge in [-0.15, -0.1) is 0 Å². The van der Waals surface area contributed by atoms with Crippen molar-refractivity contribution < 1.29 is 18.7 Å². The van der Waals surface area contributed by atoms with Crippen LogP contribution in [0, 0.1) is 0 Å². The first-order valence-corrected chi connectivity index (χ1v) is 8.58. The molecular formula is C22H15NO5. The molecule has 0 fully saturated rings. The first kappa shape index (κ1) is 17.5. The van der Waals surface area contributed by atoms with Gasteiger partial charge in [0.1, 0.15) is 23.6 Å². The standard InChI is InChI=1S/C22H15NO5/c24-16-8-10-18-20(13-16)28-21-14-17(9-11-19(21)23-18)27-22(25)26-12-4-7-15-5-2-1-3-6-15/h1-11,13-14H,12H2/b7-4+. The molecule has 0 saturated carbocycles. The molecule has 28 heavy (non-hydrogen) atoms. The zero-order valence-electron chi connectivity index (χ0n) is 14.7. The van der Waals surface area contributed by atoms with E-state index in [1.165, 1.54) is 18.2 Å². The third-order valence-electron chi connectivity index (χ3n) is 3.93. The Balaban J connectivity index is 1.43. The minimum absolute atomic E-state index is 0.0875.